The topological polar surface area (TPSA) is 0 Å². The summed E-state index contributed by atoms with van der Waals surface area (Å²) >= 11 is 0. The Morgan fingerprint density at radius 1 is 0.512 bits per heavy atom. The van der Waals surface area contributed by atoms with Gasteiger partial charge in [0.15, 0.2) is 0 Å². The summed E-state index contributed by atoms with van der Waals surface area (Å²) in [6, 6.07) is 37.5. The highest BCUT2D eigenvalue weighted by molar-refractivity contribution is 5.33. The van der Waals surface area contributed by atoms with Crippen LogP contribution < -0.4 is 0 Å². The van der Waals surface area contributed by atoms with Gasteiger partial charge in [0.25, 0.3) is 0 Å². The van der Waals surface area contributed by atoms with Gasteiger partial charge < -0.3 is 0 Å². The fraction of sp³-hybridized carbons (Fsp3) is 0.442. The SMILES string of the molecule is CC.CCC(C)(CC)c1ccc(Cc2ccc(C)cc2)cc1.CCC(CC)Cc1ccccc1.CCc1ccc(C)cc1. The van der Waals surface area contributed by atoms with Crippen LogP contribution in [0.15, 0.2) is 103 Å². The van der Waals surface area contributed by atoms with Crippen LogP contribution in [-0.2, 0) is 24.7 Å². The molecule has 0 aliphatic rings. The number of aryl methyl sites for hydroxylation is 3. The van der Waals surface area contributed by atoms with Crippen molar-refractivity contribution in [2.75, 3.05) is 0 Å². The van der Waals surface area contributed by atoms with Crippen molar-refractivity contribution in [1.82, 2.24) is 0 Å². The third-order valence-electron chi connectivity index (χ3n) is 8.79. The van der Waals surface area contributed by atoms with Crippen LogP contribution in [-0.4, -0.2) is 0 Å². The van der Waals surface area contributed by atoms with Gasteiger partial charge in [-0.2, -0.15) is 0 Å². The molecule has 0 aliphatic heterocycles. The summed E-state index contributed by atoms with van der Waals surface area (Å²) in [6.45, 7) is 21.9. The Morgan fingerprint density at radius 2 is 0.930 bits per heavy atom. The normalized spacial score (nSPS) is 10.5. The predicted molar refractivity (Wildman–Crippen MR) is 194 cm³/mol. The second kappa shape index (κ2) is 21.6. The van der Waals surface area contributed by atoms with E-state index < -0.39 is 0 Å². The van der Waals surface area contributed by atoms with Crippen molar-refractivity contribution in [2.24, 2.45) is 5.92 Å². The number of benzene rings is 4. The van der Waals surface area contributed by atoms with E-state index in [4.69, 9.17) is 0 Å². The molecule has 0 atom stereocenters. The smallest absolute Gasteiger partial charge is 0.00258 e. The van der Waals surface area contributed by atoms with Crippen molar-refractivity contribution in [3.63, 3.8) is 0 Å². The second-order valence-corrected chi connectivity index (χ2v) is 11.8. The summed E-state index contributed by atoms with van der Waals surface area (Å²) in [4.78, 5) is 0. The zero-order chi connectivity index (χ0) is 32.1. The molecule has 0 N–H and O–H groups in total. The summed E-state index contributed by atoms with van der Waals surface area (Å²) < 4.78 is 0. The second-order valence-electron chi connectivity index (χ2n) is 11.8. The van der Waals surface area contributed by atoms with Crippen LogP contribution in [0.4, 0.5) is 0 Å². The van der Waals surface area contributed by atoms with Crippen LogP contribution in [0.2, 0.25) is 0 Å². The fourth-order valence-electron chi connectivity index (χ4n) is 4.97. The minimum Gasteiger partial charge on any atom is -0.0683 e. The molecule has 0 unspecified atom stereocenters. The number of hydrogen-bond acceptors (Lipinski definition) is 0. The Labute approximate surface area is 267 Å². The van der Waals surface area contributed by atoms with E-state index in [2.05, 4.69) is 159 Å². The zero-order valence-corrected chi connectivity index (χ0v) is 29.3. The average molecular weight is 579 g/mol. The van der Waals surface area contributed by atoms with Gasteiger partial charge >= 0.3 is 0 Å². The Balaban J connectivity index is 0.000000342. The van der Waals surface area contributed by atoms with Crippen LogP contribution in [0.1, 0.15) is 120 Å². The summed E-state index contributed by atoms with van der Waals surface area (Å²) in [6.07, 6.45) is 8.39. The first-order valence-electron chi connectivity index (χ1n) is 17.0. The molecule has 0 saturated carbocycles. The molecular weight excluding hydrogens is 516 g/mol. The van der Waals surface area contributed by atoms with E-state index in [1.807, 2.05) is 13.8 Å². The maximum absolute atomic E-state index is 2.36. The Hall–Kier alpha value is -3.12. The van der Waals surface area contributed by atoms with Gasteiger partial charge in [-0.3, -0.25) is 0 Å². The molecule has 0 heteroatoms. The van der Waals surface area contributed by atoms with E-state index in [-0.39, 0.29) is 0 Å². The third kappa shape index (κ3) is 14.3. The molecule has 4 aromatic rings. The van der Waals surface area contributed by atoms with Gasteiger partial charge in [-0.1, -0.05) is 182 Å². The van der Waals surface area contributed by atoms with E-state index in [1.165, 1.54) is 71.0 Å². The van der Waals surface area contributed by atoms with Crippen molar-refractivity contribution < 1.29 is 0 Å². The first kappa shape index (κ1) is 37.9. The average Bonchev–Trinajstić information content (AvgIpc) is 3.07. The summed E-state index contributed by atoms with van der Waals surface area (Å²) in [5.41, 5.74) is 10.1. The van der Waals surface area contributed by atoms with Crippen LogP contribution >= 0.6 is 0 Å². The number of rotatable bonds is 10. The Bertz CT molecular complexity index is 1190. The number of hydrogen-bond donors (Lipinski definition) is 0. The van der Waals surface area contributed by atoms with Crippen LogP contribution in [0, 0.1) is 19.8 Å². The maximum atomic E-state index is 2.36. The molecule has 234 valence electrons. The molecule has 0 fully saturated rings. The Kier molecular flexibility index (Phi) is 19.0. The van der Waals surface area contributed by atoms with Crippen LogP contribution in [0.3, 0.4) is 0 Å². The van der Waals surface area contributed by atoms with Crippen molar-refractivity contribution in [1.29, 1.82) is 0 Å². The van der Waals surface area contributed by atoms with Crippen molar-refractivity contribution in [2.45, 2.75) is 120 Å². The molecule has 4 rings (SSSR count). The molecule has 0 radical (unpaired) electrons. The molecule has 0 saturated heterocycles. The van der Waals surface area contributed by atoms with E-state index in [9.17, 15) is 0 Å². The zero-order valence-electron chi connectivity index (χ0n) is 29.3. The molecule has 0 bridgehead atoms. The molecule has 0 aliphatic carbocycles. The molecule has 43 heavy (non-hydrogen) atoms. The lowest BCUT2D eigenvalue weighted by Crippen LogP contribution is -2.19. The first-order chi connectivity index (χ1) is 20.8. The quantitative estimate of drug-likeness (QED) is 0.175. The lowest BCUT2D eigenvalue weighted by molar-refractivity contribution is 0.439. The highest BCUT2D eigenvalue weighted by atomic mass is 14.3. The van der Waals surface area contributed by atoms with E-state index in [1.54, 1.807) is 0 Å². The molecule has 0 spiro atoms. The highest BCUT2D eigenvalue weighted by Gasteiger charge is 2.21. The maximum Gasteiger partial charge on any atom is -0.00258 e. The van der Waals surface area contributed by atoms with Crippen molar-refractivity contribution in [3.8, 4) is 0 Å². The monoisotopic (exact) mass is 578 g/mol. The molecule has 0 nitrogen and oxygen atoms in total. The Morgan fingerprint density at radius 3 is 1.33 bits per heavy atom. The fourth-order valence-corrected chi connectivity index (χ4v) is 4.97. The van der Waals surface area contributed by atoms with Crippen molar-refractivity contribution in [3.05, 3.63) is 142 Å². The van der Waals surface area contributed by atoms with Gasteiger partial charge in [0, 0.05) is 0 Å². The summed E-state index contributed by atoms with van der Waals surface area (Å²) in [5, 5.41) is 0. The van der Waals surface area contributed by atoms with E-state index in [0.29, 0.717) is 5.41 Å². The minimum absolute atomic E-state index is 0.322. The minimum atomic E-state index is 0.322. The predicted octanol–water partition coefficient (Wildman–Crippen LogP) is 12.9. The van der Waals surface area contributed by atoms with Crippen LogP contribution in [0.25, 0.3) is 0 Å². The summed E-state index contributed by atoms with van der Waals surface area (Å²) in [5.74, 6) is 0.868. The molecule has 0 aromatic heterocycles. The van der Waals surface area contributed by atoms with Gasteiger partial charge in [0.1, 0.15) is 0 Å². The highest BCUT2D eigenvalue weighted by Crippen LogP contribution is 2.31. The largest absolute Gasteiger partial charge is 0.0683 e. The molecule has 0 amide bonds. The van der Waals surface area contributed by atoms with Gasteiger partial charge in [0.2, 0.25) is 0 Å². The third-order valence-corrected chi connectivity index (χ3v) is 8.79. The van der Waals surface area contributed by atoms with Crippen LogP contribution in [0.5, 0.6) is 0 Å². The van der Waals surface area contributed by atoms with Gasteiger partial charge in [0.05, 0.1) is 0 Å². The standard InChI is InChI=1S/C20H26.C12H18.C9H12.C2H6/c1-5-20(4,6-2)19-13-11-18(12-14-19)15-17-9-7-16(3)8-10-17;1-3-11(4-2)10-12-8-6-5-7-9-12;1-3-9-6-4-8(2)5-7-9;1-2/h7-14H,5-6,15H2,1-4H3;5-9,11H,3-4,10H2,1-2H3;4-7H,3H2,1-2H3;1-2H3. The van der Waals surface area contributed by atoms with Gasteiger partial charge in [-0.05, 0) is 85.1 Å². The summed E-state index contributed by atoms with van der Waals surface area (Å²) in [7, 11) is 0. The molecule has 0 heterocycles. The van der Waals surface area contributed by atoms with E-state index >= 15 is 0 Å². The first-order valence-corrected chi connectivity index (χ1v) is 17.0. The lowest BCUT2D eigenvalue weighted by Gasteiger charge is -2.27. The molecule has 4 aromatic carbocycles. The van der Waals surface area contributed by atoms with Gasteiger partial charge in [-0.15, -0.1) is 0 Å². The van der Waals surface area contributed by atoms with Crippen molar-refractivity contribution >= 4 is 0 Å². The van der Waals surface area contributed by atoms with Gasteiger partial charge in [-0.25, -0.2) is 0 Å². The molecular formula is C43H62. The van der Waals surface area contributed by atoms with E-state index in [0.717, 1.165) is 18.8 Å². The lowest BCUT2D eigenvalue weighted by atomic mass is 9.77.